The minimum absolute atomic E-state index is 0.0903. The summed E-state index contributed by atoms with van der Waals surface area (Å²) >= 11 is 1.71. The van der Waals surface area contributed by atoms with Crippen molar-refractivity contribution in [2.75, 3.05) is 19.6 Å². The maximum atomic E-state index is 14.0. The van der Waals surface area contributed by atoms with E-state index >= 15 is 0 Å². The van der Waals surface area contributed by atoms with E-state index in [1.54, 1.807) is 35.6 Å². The summed E-state index contributed by atoms with van der Waals surface area (Å²) in [6.07, 6.45) is 9.97. The first kappa shape index (κ1) is 28.6. The van der Waals surface area contributed by atoms with Gasteiger partial charge >= 0.3 is 5.97 Å². The Hall–Kier alpha value is -3.50. The number of carboxylic acids is 1. The Morgan fingerprint density at radius 2 is 1.86 bits per heavy atom. The van der Waals surface area contributed by atoms with Crippen LogP contribution in [0.25, 0.3) is 5.69 Å². The van der Waals surface area contributed by atoms with Crippen LogP contribution in [0.5, 0.6) is 0 Å². The third-order valence-electron chi connectivity index (χ3n) is 8.80. The van der Waals surface area contributed by atoms with Crippen molar-refractivity contribution >= 4 is 23.6 Å². The lowest BCUT2D eigenvalue weighted by Gasteiger charge is -2.41. The van der Waals surface area contributed by atoms with Crippen molar-refractivity contribution in [3.63, 3.8) is 0 Å². The molecule has 1 saturated heterocycles. The largest absolute Gasteiger partial charge is 0.481 e. The number of likely N-dealkylation sites (tertiary alicyclic amines) is 1. The van der Waals surface area contributed by atoms with Crippen molar-refractivity contribution < 1.29 is 14.7 Å². The Kier molecular flexibility index (Phi) is 8.44. The molecular weight excluding hydrogens is 550 g/mol. The second kappa shape index (κ2) is 12.4. The highest BCUT2D eigenvalue weighted by Crippen LogP contribution is 2.34. The van der Waals surface area contributed by atoms with Gasteiger partial charge < -0.3 is 10.0 Å². The van der Waals surface area contributed by atoms with Crippen LogP contribution in [-0.2, 0) is 29.1 Å². The van der Waals surface area contributed by atoms with Gasteiger partial charge in [0.2, 0.25) is 5.91 Å². The Labute approximate surface area is 250 Å². The molecule has 1 saturated carbocycles. The highest BCUT2D eigenvalue weighted by molar-refractivity contribution is 7.99. The summed E-state index contributed by atoms with van der Waals surface area (Å²) in [6, 6.07) is 11.4. The molecule has 220 valence electrons. The molecule has 1 aromatic carbocycles. The minimum Gasteiger partial charge on any atom is -0.481 e. The van der Waals surface area contributed by atoms with Crippen LogP contribution in [0, 0.1) is 5.92 Å². The number of nitrogens with zero attached hydrogens (tertiary/aromatic N) is 5. The molecule has 1 aliphatic carbocycles. The number of aromatic nitrogens is 3. The van der Waals surface area contributed by atoms with Gasteiger partial charge in [0.05, 0.1) is 41.5 Å². The number of hydrogen-bond acceptors (Lipinski definition) is 7. The normalized spacial score (nSPS) is 18.7. The molecule has 4 heterocycles. The molecule has 3 aliphatic rings. The van der Waals surface area contributed by atoms with Crippen molar-refractivity contribution in [3.8, 4) is 5.69 Å². The van der Waals surface area contributed by atoms with Crippen LogP contribution in [0.1, 0.15) is 67.3 Å². The molecular formula is C32H37N5O4S. The molecule has 0 bridgehead atoms. The van der Waals surface area contributed by atoms with Crippen molar-refractivity contribution in [1.82, 2.24) is 24.3 Å². The zero-order valence-electron chi connectivity index (χ0n) is 23.9. The maximum Gasteiger partial charge on any atom is 0.310 e. The minimum atomic E-state index is -0.835. The van der Waals surface area contributed by atoms with Gasteiger partial charge in [-0.1, -0.05) is 55.3 Å². The molecule has 1 amide bonds. The van der Waals surface area contributed by atoms with Crippen LogP contribution in [0.3, 0.4) is 0 Å². The molecule has 10 heteroatoms. The first-order valence-corrected chi connectivity index (χ1v) is 15.8. The molecule has 1 atom stereocenters. The van der Waals surface area contributed by atoms with Crippen LogP contribution in [0.2, 0.25) is 0 Å². The van der Waals surface area contributed by atoms with E-state index < -0.39 is 11.9 Å². The summed E-state index contributed by atoms with van der Waals surface area (Å²) < 4.78 is 1.70. The van der Waals surface area contributed by atoms with E-state index in [9.17, 15) is 19.5 Å². The summed E-state index contributed by atoms with van der Waals surface area (Å²) in [6.45, 7) is 4.60. The zero-order chi connectivity index (χ0) is 29.2. The number of thioether (sulfide) groups is 1. The van der Waals surface area contributed by atoms with Crippen LogP contribution in [-0.4, -0.2) is 66.2 Å². The number of hydrogen-bond donors (Lipinski definition) is 1. The summed E-state index contributed by atoms with van der Waals surface area (Å²) in [4.78, 5) is 52.0. The van der Waals surface area contributed by atoms with Gasteiger partial charge in [0.25, 0.3) is 5.56 Å². The van der Waals surface area contributed by atoms with E-state index in [0.29, 0.717) is 42.6 Å². The van der Waals surface area contributed by atoms with Gasteiger partial charge in [0, 0.05) is 44.0 Å². The SMILES string of the molecule is CC(C(=O)O)c1ccc(CN2CC(C(=O)N3CCc4nc(SC5CCCCC5)n(-c5cccnc5)c(=O)c4C3)C2)cc1. The summed E-state index contributed by atoms with van der Waals surface area (Å²) in [7, 11) is 0. The maximum absolute atomic E-state index is 14.0. The number of aliphatic carboxylic acids is 1. The van der Waals surface area contributed by atoms with Crippen LogP contribution >= 0.6 is 11.8 Å². The average molecular weight is 588 g/mol. The number of amides is 1. The summed E-state index contributed by atoms with van der Waals surface area (Å²) in [5.74, 6) is -1.37. The van der Waals surface area contributed by atoms with E-state index in [2.05, 4.69) is 9.88 Å². The topological polar surface area (TPSA) is 109 Å². The Morgan fingerprint density at radius 3 is 2.55 bits per heavy atom. The van der Waals surface area contributed by atoms with Crippen molar-refractivity contribution in [2.45, 2.75) is 74.9 Å². The lowest BCUT2D eigenvalue weighted by atomic mass is 9.95. The molecule has 42 heavy (non-hydrogen) atoms. The van der Waals surface area contributed by atoms with Gasteiger partial charge in [-0.05, 0) is 43.0 Å². The number of fused-ring (bicyclic) bond motifs is 1. The number of benzene rings is 1. The predicted molar refractivity (Wildman–Crippen MR) is 161 cm³/mol. The second-order valence-corrected chi connectivity index (χ2v) is 13.0. The number of pyridine rings is 1. The van der Waals surface area contributed by atoms with Crippen molar-refractivity contribution in [3.05, 3.63) is 81.5 Å². The van der Waals surface area contributed by atoms with Crippen LogP contribution in [0.4, 0.5) is 0 Å². The molecule has 0 radical (unpaired) electrons. The Morgan fingerprint density at radius 1 is 1.10 bits per heavy atom. The molecule has 2 aliphatic heterocycles. The van der Waals surface area contributed by atoms with E-state index in [4.69, 9.17) is 4.98 Å². The third-order valence-corrected chi connectivity index (χ3v) is 10.1. The Balaban J connectivity index is 1.13. The van der Waals surface area contributed by atoms with E-state index in [1.165, 1.54) is 19.3 Å². The lowest BCUT2D eigenvalue weighted by molar-refractivity contribution is -0.142. The fourth-order valence-corrected chi connectivity index (χ4v) is 7.52. The van der Waals surface area contributed by atoms with Gasteiger partial charge in [-0.25, -0.2) is 4.98 Å². The molecule has 2 fully saturated rings. The standard InChI is InChI=1S/C32H37N5O4S/c1-21(31(40)41)23-11-9-22(10-12-23)17-35-18-24(19-35)29(38)36-15-13-28-27(20-36)30(39)37(25-6-5-14-33-16-25)32(34-28)42-26-7-3-2-4-8-26/h5-6,9-12,14,16,21,24,26H,2-4,7-8,13,15,17-20H2,1H3,(H,40,41). The predicted octanol–water partition coefficient (Wildman–Crippen LogP) is 4.26. The van der Waals surface area contributed by atoms with Crippen LogP contribution in [0.15, 0.2) is 58.7 Å². The molecule has 3 aromatic rings. The molecule has 6 rings (SSSR count). The van der Waals surface area contributed by atoms with E-state index in [-0.39, 0.29) is 23.9 Å². The Bertz CT molecular complexity index is 1500. The number of carbonyl (C=O) groups excluding carboxylic acids is 1. The molecule has 9 nitrogen and oxygen atoms in total. The van der Waals surface area contributed by atoms with Gasteiger partial charge in [0.15, 0.2) is 5.16 Å². The average Bonchev–Trinajstić information content (AvgIpc) is 2.99. The summed E-state index contributed by atoms with van der Waals surface area (Å²) in [5.41, 5.74) is 3.92. The molecule has 0 spiro atoms. The highest BCUT2D eigenvalue weighted by Gasteiger charge is 2.37. The van der Waals surface area contributed by atoms with Gasteiger partial charge in [0.1, 0.15) is 0 Å². The first-order chi connectivity index (χ1) is 20.4. The van der Waals surface area contributed by atoms with Gasteiger partial charge in [-0.3, -0.25) is 28.8 Å². The van der Waals surface area contributed by atoms with Gasteiger partial charge in [-0.15, -0.1) is 0 Å². The summed E-state index contributed by atoms with van der Waals surface area (Å²) in [5, 5.41) is 10.4. The number of rotatable bonds is 8. The van der Waals surface area contributed by atoms with E-state index in [1.807, 2.05) is 41.3 Å². The van der Waals surface area contributed by atoms with E-state index in [0.717, 1.165) is 41.4 Å². The molecule has 1 N–H and O–H groups in total. The second-order valence-electron chi connectivity index (χ2n) is 11.8. The fraction of sp³-hybridized carbons (Fsp3) is 0.469. The highest BCUT2D eigenvalue weighted by atomic mass is 32.2. The van der Waals surface area contributed by atoms with Gasteiger partial charge in [-0.2, -0.15) is 0 Å². The molecule has 1 unspecified atom stereocenters. The number of carbonyl (C=O) groups is 2. The van der Waals surface area contributed by atoms with Crippen LogP contribution < -0.4 is 5.56 Å². The monoisotopic (exact) mass is 587 g/mol. The lowest BCUT2D eigenvalue weighted by Crippen LogP contribution is -2.55. The quantitative estimate of drug-likeness (QED) is 0.390. The third kappa shape index (κ3) is 6.01. The first-order valence-electron chi connectivity index (χ1n) is 14.9. The smallest absolute Gasteiger partial charge is 0.310 e. The number of carboxylic acid groups (broad SMARTS) is 1. The van der Waals surface area contributed by atoms with Crippen molar-refractivity contribution in [2.24, 2.45) is 5.92 Å². The molecule has 2 aromatic heterocycles. The zero-order valence-corrected chi connectivity index (χ0v) is 24.8. The fourth-order valence-electron chi connectivity index (χ4n) is 6.19. The van der Waals surface area contributed by atoms with Crippen molar-refractivity contribution in [1.29, 1.82) is 0 Å².